The number of benzene rings is 2. The number of nitrogens with one attached hydrogen (secondary N) is 1. The van der Waals surface area contributed by atoms with Gasteiger partial charge in [-0.1, -0.05) is 69.3 Å². The van der Waals surface area contributed by atoms with Crippen molar-refractivity contribution in [2.45, 2.75) is 52.0 Å². The Bertz CT molecular complexity index is 998. The average molecular weight is 467 g/mol. The van der Waals surface area contributed by atoms with Crippen molar-refractivity contribution in [3.63, 3.8) is 0 Å². The van der Waals surface area contributed by atoms with E-state index in [9.17, 15) is 14.4 Å². The third-order valence-electron chi connectivity index (χ3n) is 6.15. The largest absolute Gasteiger partial charge is 0.481 e. The van der Waals surface area contributed by atoms with E-state index in [1.165, 1.54) is 0 Å². The van der Waals surface area contributed by atoms with Crippen LogP contribution in [0.15, 0.2) is 48.5 Å². The maximum Gasteiger partial charge on any atom is 0.407 e. The van der Waals surface area contributed by atoms with Gasteiger partial charge < -0.3 is 20.1 Å². The van der Waals surface area contributed by atoms with Crippen molar-refractivity contribution in [3.05, 3.63) is 59.7 Å². The Morgan fingerprint density at radius 3 is 2.12 bits per heavy atom. The second-order valence-corrected chi connectivity index (χ2v) is 10.0. The monoisotopic (exact) mass is 466 g/mol. The van der Waals surface area contributed by atoms with Crippen LogP contribution in [-0.2, 0) is 14.3 Å². The molecule has 7 heteroatoms. The summed E-state index contributed by atoms with van der Waals surface area (Å²) in [7, 11) is 1.67. The molecule has 0 fully saturated rings. The standard InChI is InChI=1S/C27H34N2O5/c1-27(2,3)15-16-29(4)25(32)23(13-14-24(30)31)28-26(33)34-17-22-20-11-7-5-9-18(20)19-10-6-8-12-21(19)22/h5-12,22-23H,13-17H2,1-4H3,(H,28,33)(H,30,31). The number of likely N-dealkylation sites (N-methyl/N-ethyl adjacent to an activating group) is 1. The molecule has 0 spiro atoms. The number of aliphatic carboxylic acids is 1. The Labute approximate surface area is 201 Å². The van der Waals surface area contributed by atoms with E-state index in [0.717, 1.165) is 28.7 Å². The van der Waals surface area contributed by atoms with Crippen molar-refractivity contribution < 1.29 is 24.2 Å². The molecule has 0 bridgehead atoms. The van der Waals surface area contributed by atoms with Gasteiger partial charge in [-0.3, -0.25) is 9.59 Å². The van der Waals surface area contributed by atoms with Gasteiger partial charge >= 0.3 is 12.1 Å². The number of hydrogen-bond donors (Lipinski definition) is 2. The van der Waals surface area contributed by atoms with Gasteiger partial charge in [0, 0.05) is 25.9 Å². The minimum atomic E-state index is -1.02. The highest BCUT2D eigenvalue weighted by Crippen LogP contribution is 2.44. The maximum atomic E-state index is 13.0. The lowest BCUT2D eigenvalue weighted by Gasteiger charge is -2.27. The summed E-state index contributed by atoms with van der Waals surface area (Å²) >= 11 is 0. The number of nitrogens with zero attached hydrogens (tertiary/aromatic N) is 1. The lowest BCUT2D eigenvalue weighted by molar-refractivity contribution is -0.137. The fraction of sp³-hybridized carbons (Fsp3) is 0.444. The molecule has 0 saturated heterocycles. The molecule has 1 unspecified atom stereocenters. The number of carbonyl (C=O) groups excluding carboxylic acids is 2. The van der Waals surface area contributed by atoms with Crippen molar-refractivity contribution >= 4 is 18.0 Å². The number of ether oxygens (including phenoxy) is 1. The predicted octanol–water partition coefficient (Wildman–Crippen LogP) is 4.65. The summed E-state index contributed by atoms with van der Waals surface area (Å²) in [5.41, 5.74) is 4.49. The first kappa shape index (κ1) is 25.3. The van der Waals surface area contributed by atoms with E-state index in [-0.39, 0.29) is 36.7 Å². The minimum absolute atomic E-state index is 0.00177. The Balaban J connectivity index is 1.65. The molecule has 0 saturated carbocycles. The smallest absolute Gasteiger partial charge is 0.407 e. The third-order valence-corrected chi connectivity index (χ3v) is 6.15. The Morgan fingerprint density at radius 2 is 1.59 bits per heavy atom. The van der Waals surface area contributed by atoms with E-state index in [0.29, 0.717) is 6.54 Å². The van der Waals surface area contributed by atoms with Crippen LogP contribution in [0.1, 0.15) is 57.1 Å². The van der Waals surface area contributed by atoms with Crippen molar-refractivity contribution in [1.29, 1.82) is 0 Å². The van der Waals surface area contributed by atoms with Gasteiger partial charge in [0.05, 0.1) is 0 Å². The molecule has 3 rings (SSSR count). The number of carboxylic acid groups (broad SMARTS) is 1. The predicted molar refractivity (Wildman–Crippen MR) is 131 cm³/mol. The maximum absolute atomic E-state index is 13.0. The van der Waals surface area contributed by atoms with E-state index in [1.807, 2.05) is 36.4 Å². The number of fused-ring (bicyclic) bond motifs is 3. The molecule has 1 aliphatic carbocycles. The molecule has 2 N–H and O–H groups in total. The molecule has 2 aromatic rings. The molecule has 0 aliphatic heterocycles. The van der Waals surface area contributed by atoms with Crippen LogP contribution in [0.4, 0.5) is 4.79 Å². The van der Waals surface area contributed by atoms with Gasteiger partial charge in [-0.25, -0.2) is 4.79 Å². The molecule has 7 nitrogen and oxygen atoms in total. The molecule has 1 aliphatic rings. The normalized spacial score (nSPS) is 13.5. The van der Waals surface area contributed by atoms with Crippen LogP contribution < -0.4 is 5.32 Å². The summed E-state index contributed by atoms with van der Waals surface area (Å²) in [6.45, 7) is 6.89. The van der Waals surface area contributed by atoms with Gasteiger partial charge in [0.15, 0.2) is 0 Å². The topological polar surface area (TPSA) is 95.9 Å². The number of rotatable bonds is 9. The van der Waals surface area contributed by atoms with Gasteiger partial charge in [0.1, 0.15) is 12.6 Å². The van der Waals surface area contributed by atoms with Gasteiger partial charge in [-0.15, -0.1) is 0 Å². The van der Waals surface area contributed by atoms with E-state index < -0.39 is 18.1 Å². The molecule has 0 heterocycles. The van der Waals surface area contributed by atoms with Crippen LogP contribution in [0.25, 0.3) is 11.1 Å². The summed E-state index contributed by atoms with van der Waals surface area (Å²) in [5, 5.41) is 11.7. The molecular formula is C27H34N2O5. The van der Waals surface area contributed by atoms with Crippen molar-refractivity contribution in [1.82, 2.24) is 10.2 Å². The summed E-state index contributed by atoms with van der Waals surface area (Å²) in [5.74, 6) is -1.44. The third kappa shape index (κ3) is 6.37. The van der Waals surface area contributed by atoms with Gasteiger partial charge in [0.25, 0.3) is 0 Å². The summed E-state index contributed by atoms with van der Waals surface area (Å²) in [6.07, 6.45) is -0.174. The molecule has 2 aromatic carbocycles. The molecule has 1 atom stereocenters. The van der Waals surface area contributed by atoms with E-state index in [4.69, 9.17) is 9.84 Å². The highest BCUT2D eigenvalue weighted by molar-refractivity contribution is 5.86. The molecule has 2 amide bonds. The highest BCUT2D eigenvalue weighted by Gasteiger charge is 2.30. The van der Waals surface area contributed by atoms with Crippen LogP contribution in [0.2, 0.25) is 0 Å². The van der Waals surface area contributed by atoms with Gasteiger partial charge in [-0.05, 0) is 40.5 Å². The highest BCUT2D eigenvalue weighted by atomic mass is 16.5. The van der Waals surface area contributed by atoms with Crippen LogP contribution in [0.5, 0.6) is 0 Å². The summed E-state index contributed by atoms with van der Waals surface area (Å²) in [6, 6.07) is 15.1. The molecule has 34 heavy (non-hydrogen) atoms. The molecule has 182 valence electrons. The number of amides is 2. The first-order valence-electron chi connectivity index (χ1n) is 11.6. The number of carboxylic acids is 1. The first-order chi connectivity index (χ1) is 16.1. The van der Waals surface area contributed by atoms with Gasteiger partial charge in [0.2, 0.25) is 5.91 Å². The van der Waals surface area contributed by atoms with Crippen LogP contribution in [0.3, 0.4) is 0 Å². The summed E-state index contributed by atoms with van der Waals surface area (Å²) in [4.78, 5) is 38.3. The van der Waals surface area contributed by atoms with Crippen LogP contribution >= 0.6 is 0 Å². The lowest BCUT2D eigenvalue weighted by Crippen LogP contribution is -2.48. The average Bonchev–Trinajstić information content (AvgIpc) is 3.11. The second-order valence-electron chi connectivity index (χ2n) is 10.0. The van der Waals surface area contributed by atoms with Crippen LogP contribution in [-0.4, -0.2) is 54.2 Å². The molecule has 0 aromatic heterocycles. The van der Waals surface area contributed by atoms with Gasteiger partial charge in [-0.2, -0.15) is 0 Å². The Kier molecular flexibility index (Phi) is 7.97. The van der Waals surface area contributed by atoms with E-state index in [1.54, 1.807) is 11.9 Å². The first-order valence-corrected chi connectivity index (χ1v) is 11.6. The zero-order chi connectivity index (χ0) is 24.9. The Hall–Kier alpha value is -3.35. The molecular weight excluding hydrogens is 432 g/mol. The fourth-order valence-electron chi connectivity index (χ4n) is 4.19. The quantitative estimate of drug-likeness (QED) is 0.561. The number of alkyl carbamates (subject to hydrolysis) is 1. The zero-order valence-electron chi connectivity index (χ0n) is 20.3. The second kappa shape index (κ2) is 10.7. The minimum Gasteiger partial charge on any atom is -0.481 e. The molecule has 0 radical (unpaired) electrons. The van der Waals surface area contributed by atoms with Crippen molar-refractivity contribution in [2.75, 3.05) is 20.2 Å². The lowest BCUT2D eigenvalue weighted by atomic mass is 9.92. The number of hydrogen-bond acceptors (Lipinski definition) is 4. The Morgan fingerprint density at radius 1 is 1.03 bits per heavy atom. The fourth-order valence-corrected chi connectivity index (χ4v) is 4.19. The van der Waals surface area contributed by atoms with Crippen molar-refractivity contribution in [2.24, 2.45) is 5.41 Å². The van der Waals surface area contributed by atoms with Crippen LogP contribution in [0, 0.1) is 5.41 Å². The van der Waals surface area contributed by atoms with Crippen molar-refractivity contribution in [3.8, 4) is 11.1 Å². The summed E-state index contributed by atoms with van der Waals surface area (Å²) < 4.78 is 5.55. The number of carbonyl (C=O) groups is 3. The zero-order valence-corrected chi connectivity index (χ0v) is 20.3. The SMILES string of the molecule is CN(CCC(C)(C)C)C(=O)C(CCC(=O)O)NC(=O)OCC1c2ccccc2-c2ccccc21. The van der Waals surface area contributed by atoms with E-state index >= 15 is 0 Å². The van der Waals surface area contributed by atoms with E-state index in [2.05, 4.69) is 38.2 Å².